The fourth-order valence-electron chi connectivity index (χ4n) is 1.64. The van der Waals surface area contributed by atoms with Gasteiger partial charge in [0.1, 0.15) is 0 Å². The molecule has 0 saturated carbocycles. The molecule has 7 heteroatoms. The van der Waals surface area contributed by atoms with E-state index < -0.39 is 10.0 Å². The largest absolute Gasteiger partial charge is 0.359 e. The Morgan fingerprint density at radius 2 is 2.00 bits per heavy atom. The molecule has 0 unspecified atom stereocenters. The molecule has 0 aliphatic carbocycles. The smallest absolute Gasteiger partial charge is 0.238 e. The zero-order chi connectivity index (χ0) is 14.1. The molecule has 1 aliphatic heterocycles. The number of hydrogen-bond donors (Lipinski definition) is 2. The van der Waals surface area contributed by atoms with Crippen LogP contribution < -0.4 is 10.5 Å². The molecule has 19 heavy (non-hydrogen) atoms. The van der Waals surface area contributed by atoms with Gasteiger partial charge in [0.15, 0.2) is 5.17 Å². The minimum absolute atomic E-state index is 0.0843. The van der Waals surface area contributed by atoms with Gasteiger partial charge in [-0.1, -0.05) is 23.9 Å². The number of sulfonamides is 1. The molecule has 0 atom stereocenters. The van der Waals surface area contributed by atoms with E-state index in [0.717, 1.165) is 16.5 Å². The first kappa shape index (κ1) is 14.4. The molecule has 2 rings (SSSR count). The van der Waals surface area contributed by atoms with E-state index in [-0.39, 0.29) is 10.4 Å². The summed E-state index contributed by atoms with van der Waals surface area (Å²) in [6.45, 7) is 4.78. The van der Waals surface area contributed by atoms with Crippen LogP contribution in [-0.2, 0) is 16.6 Å². The molecule has 1 heterocycles. The van der Waals surface area contributed by atoms with Crippen LogP contribution in [0.3, 0.4) is 0 Å². The Balaban J connectivity index is 2.03. The van der Waals surface area contributed by atoms with Gasteiger partial charge in [0.25, 0.3) is 0 Å². The number of nitrogens with two attached hydrogens (primary N) is 1. The minimum atomic E-state index is -3.62. The summed E-state index contributed by atoms with van der Waals surface area (Å²) in [5.41, 5.74) is 1.04. The summed E-state index contributed by atoms with van der Waals surface area (Å²) in [7, 11) is -3.62. The fraction of sp³-hybridized carbons (Fsp3) is 0.417. The van der Waals surface area contributed by atoms with E-state index >= 15 is 0 Å². The number of benzene rings is 1. The zero-order valence-corrected chi connectivity index (χ0v) is 12.5. The van der Waals surface area contributed by atoms with Gasteiger partial charge in [-0.15, -0.1) is 0 Å². The second-order valence-corrected chi connectivity index (χ2v) is 7.63. The van der Waals surface area contributed by atoms with E-state index in [0.29, 0.717) is 6.54 Å². The monoisotopic (exact) mass is 299 g/mol. The maximum Gasteiger partial charge on any atom is 0.238 e. The van der Waals surface area contributed by atoms with Crippen LogP contribution >= 0.6 is 11.8 Å². The lowest BCUT2D eigenvalue weighted by Crippen LogP contribution is -2.36. The number of rotatable bonds is 3. The van der Waals surface area contributed by atoms with Gasteiger partial charge >= 0.3 is 0 Å². The number of hydrogen-bond acceptors (Lipinski definition) is 4. The predicted octanol–water partition coefficient (Wildman–Crippen LogP) is 1.31. The van der Waals surface area contributed by atoms with Gasteiger partial charge in [-0.25, -0.2) is 13.6 Å². The summed E-state index contributed by atoms with van der Waals surface area (Å²) in [5, 5.41) is 9.31. The number of aliphatic imine (C=N–C) groups is 1. The average molecular weight is 299 g/mol. The third-order valence-electron chi connectivity index (χ3n) is 2.67. The highest BCUT2D eigenvalue weighted by molar-refractivity contribution is 8.14. The van der Waals surface area contributed by atoms with E-state index in [4.69, 9.17) is 5.14 Å². The van der Waals surface area contributed by atoms with E-state index in [1.54, 1.807) is 23.9 Å². The van der Waals surface area contributed by atoms with Crippen molar-refractivity contribution in [1.29, 1.82) is 0 Å². The molecule has 3 N–H and O–H groups in total. The molecule has 1 aromatic rings. The maximum absolute atomic E-state index is 11.1. The van der Waals surface area contributed by atoms with Crippen LogP contribution in [0, 0.1) is 0 Å². The second-order valence-electron chi connectivity index (χ2n) is 5.11. The Morgan fingerprint density at radius 1 is 1.37 bits per heavy atom. The zero-order valence-electron chi connectivity index (χ0n) is 10.9. The van der Waals surface area contributed by atoms with Gasteiger partial charge in [-0.05, 0) is 31.5 Å². The minimum Gasteiger partial charge on any atom is -0.359 e. The fourth-order valence-corrected chi connectivity index (χ4v) is 3.23. The van der Waals surface area contributed by atoms with Crippen LogP contribution in [-0.4, -0.2) is 24.9 Å². The first-order valence-corrected chi connectivity index (χ1v) is 8.37. The Labute approximate surface area is 117 Å². The molecule has 0 bridgehead atoms. The molecule has 0 aromatic heterocycles. The number of primary sulfonamides is 1. The van der Waals surface area contributed by atoms with E-state index in [9.17, 15) is 8.42 Å². The lowest BCUT2D eigenvalue weighted by atomic mass is 10.1. The molecule has 0 radical (unpaired) electrons. The van der Waals surface area contributed by atoms with Crippen molar-refractivity contribution in [1.82, 2.24) is 5.32 Å². The number of nitrogens with one attached hydrogen (secondary N) is 1. The van der Waals surface area contributed by atoms with Gasteiger partial charge in [0.05, 0.1) is 11.4 Å². The van der Waals surface area contributed by atoms with Crippen LogP contribution in [0.1, 0.15) is 19.4 Å². The van der Waals surface area contributed by atoms with Crippen molar-refractivity contribution in [3.63, 3.8) is 0 Å². The summed E-state index contributed by atoms with van der Waals surface area (Å²) in [4.78, 5) is 4.59. The highest BCUT2D eigenvalue weighted by atomic mass is 32.2. The quantitative estimate of drug-likeness (QED) is 0.881. The molecule has 1 aliphatic rings. The summed E-state index contributed by atoms with van der Waals surface area (Å²) in [5.74, 6) is 0.996. The third kappa shape index (κ3) is 3.95. The van der Waals surface area contributed by atoms with Crippen molar-refractivity contribution in [3.8, 4) is 0 Å². The van der Waals surface area contributed by atoms with Crippen LogP contribution in [0.5, 0.6) is 0 Å². The number of nitrogens with zero attached hydrogens (tertiary/aromatic N) is 1. The lowest BCUT2D eigenvalue weighted by Gasteiger charge is -2.15. The molecule has 5 nitrogen and oxygen atoms in total. The maximum atomic E-state index is 11.1. The summed E-state index contributed by atoms with van der Waals surface area (Å²) in [6, 6.07) is 6.47. The van der Waals surface area contributed by atoms with Crippen molar-refractivity contribution >= 4 is 27.0 Å². The van der Waals surface area contributed by atoms with Gasteiger partial charge in [-0.3, -0.25) is 4.99 Å². The van der Waals surface area contributed by atoms with E-state index in [1.807, 2.05) is 0 Å². The summed E-state index contributed by atoms with van der Waals surface area (Å²) < 4.78 is 22.2. The number of amidine groups is 1. The first-order chi connectivity index (χ1) is 8.76. The van der Waals surface area contributed by atoms with E-state index in [1.165, 1.54) is 12.1 Å². The molecule has 1 aromatic carbocycles. The van der Waals surface area contributed by atoms with Crippen molar-refractivity contribution in [2.24, 2.45) is 10.1 Å². The van der Waals surface area contributed by atoms with Crippen molar-refractivity contribution in [2.75, 3.05) is 5.75 Å². The summed E-state index contributed by atoms with van der Waals surface area (Å²) in [6.07, 6.45) is 0. The Hall–Kier alpha value is -1.05. The Bertz CT molecular complexity index is 592. The van der Waals surface area contributed by atoms with E-state index in [2.05, 4.69) is 24.2 Å². The highest BCUT2D eigenvalue weighted by Crippen LogP contribution is 2.22. The van der Waals surface area contributed by atoms with Crippen LogP contribution in [0.2, 0.25) is 0 Å². The van der Waals surface area contributed by atoms with Crippen LogP contribution in [0.25, 0.3) is 0 Å². The normalized spacial score (nSPS) is 20.5. The van der Waals surface area contributed by atoms with Crippen molar-refractivity contribution in [2.45, 2.75) is 30.8 Å². The second kappa shape index (κ2) is 5.15. The third-order valence-corrected chi connectivity index (χ3v) is 4.97. The summed E-state index contributed by atoms with van der Waals surface area (Å²) >= 11 is 1.70. The molecule has 0 amide bonds. The SMILES string of the molecule is CC1(C)CSC(=NCc2ccc(S(N)(=O)=O)cc2)N1. The standard InChI is InChI=1S/C12H17N3O2S2/c1-12(2)8-18-11(15-12)14-7-9-3-5-10(6-4-9)19(13,16)17/h3-6H,7-8H2,1-2H3,(H,14,15)(H2,13,16,17). The molecule has 1 fully saturated rings. The van der Waals surface area contributed by atoms with Crippen LogP contribution in [0.4, 0.5) is 0 Å². The Kier molecular flexibility index (Phi) is 3.89. The molecule has 1 saturated heterocycles. The van der Waals surface area contributed by atoms with Crippen LogP contribution in [0.15, 0.2) is 34.2 Å². The molecular formula is C12H17N3O2S2. The Morgan fingerprint density at radius 3 is 2.47 bits per heavy atom. The van der Waals surface area contributed by atoms with Gasteiger partial charge in [-0.2, -0.15) is 0 Å². The topological polar surface area (TPSA) is 84.5 Å². The van der Waals surface area contributed by atoms with Crippen molar-refractivity contribution in [3.05, 3.63) is 29.8 Å². The molecule has 0 spiro atoms. The van der Waals surface area contributed by atoms with Gasteiger partial charge in [0, 0.05) is 11.3 Å². The highest BCUT2D eigenvalue weighted by Gasteiger charge is 2.26. The van der Waals surface area contributed by atoms with Crippen molar-refractivity contribution < 1.29 is 8.42 Å². The number of thioether (sulfide) groups is 1. The lowest BCUT2D eigenvalue weighted by molar-refractivity contribution is 0.536. The van der Waals surface area contributed by atoms with Gasteiger partial charge < -0.3 is 5.32 Å². The average Bonchev–Trinajstić information content (AvgIpc) is 2.66. The molecular weight excluding hydrogens is 282 g/mol. The predicted molar refractivity (Wildman–Crippen MR) is 78.6 cm³/mol. The first-order valence-electron chi connectivity index (χ1n) is 5.83. The van der Waals surface area contributed by atoms with Gasteiger partial charge in [0.2, 0.25) is 10.0 Å². The molecule has 104 valence electrons.